The summed E-state index contributed by atoms with van der Waals surface area (Å²) in [6, 6.07) is 21.7. The summed E-state index contributed by atoms with van der Waals surface area (Å²) in [7, 11) is 0. The normalized spacial score (nSPS) is 20.6. The lowest BCUT2D eigenvalue weighted by Gasteiger charge is -2.31. The number of hydrogen-bond donors (Lipinski definition) is 0. The molecule has 0 saturated heterocycles. The number of anilines is 2. The SMILES string of the molecule is ICC1C=CCC(N(c2ccccc2)c2ccccc2)C=C1. The van der Waals surface area contributed by atoms with Gasteiger partial charge in [-0.05, 0) is 30.7 Å². The summed E-state index contributed by atoms with van der Waals surface area (Å²) < 4.78 is 1.13. The number of benzene rings is 2. The van der Waals surface area contributed by atoms with Gasteiger partial charge in [-0.1, -0.05) is 83.3 Å². The van der Waals surface area contributed by atoms with Crippen molar-refractivity contribution in [1.82, 2.24) is 0 Å². The predicted octanol–water partition coefficient (Wildman–Crippen LogP) is 5.76. The largest absolute Gasteiger partial charge is 0.334 e. The molecule has 22 heavy (non-hydrogen) atoms. The Kier molecular flexibility index (Phi) is 5.33. The first-order chi connectivity index (χ1) is 10.9. The average molecular weight is 401 g/mol. The van der Waals surface area contributed by atoms with Gasteiger partial charge in [0.05, 0.1) is 6.04 Å². The molecule has 2 atom stereocenters. The lowest BCUT2D eigenvalue weighted by molar-refractivity contribution is 0.794. The van der Waals surface area contributed by atoms with E-state index >= 15 is 0 Å². The molecule has 0 N–H and O–H groups in total. The number of allylic oxidation sites excluding steroid dienone is 2. The topological polar surface area (TPSA) is 3.24 Å². The van der Waals surface area contributed by atoms with Gasteiger partial charge < -0.3 is 4.90 Å². The van der Waals surface area contributed by atoms with Crippen LogP contribution in [0.15, 0.2) is 85.0 Å². The molecular formula is C20H20IN. The number of para-hydroxylation sites is 2. The van der Waals surface area contributed by atoms with Crippen molar-refractivity contribution in [3.63, 3.8) is 0 Å². The van der Waals surface area contributed by atoms with E-state index in [0.29, 0.717) is 12.0 Å². The molecule has 2 aromatic rings. The lowest BCUT2D eigenvalue weighted by Crippen LogP contribution is -2.28. The molecule has 0 radical (unpaired) electrons. The minimum atomic E-state index is 0.356. The Hall–Kier alpha value is -1.55. The van der Waals surface area contributed by atoms with E-state index in [4.69, 9.17) is 0 Å². The van der Waals surface area contributed by atoms with Gasteiger partial charge in [0.25, 0.3) is 0 Å². The van der Waals surface area contributed by atoms with Crippen LogP contribution in [0.3, 0.4) is 0 Å². The quantitative estimate of drug-likeness (QED) is 0.358. The molecule has 2 heteroatoms. The van der Waals surface area contributed by atoms with Gasteiger partial charge in [0.2, 0.25) is 0 Å². The third-order valence-corrected chi connectivity index (χ3v) is 4.94. The molecule has 0 amide bonds. The van der Waals surface area contributed by atoms with Gasteiger partial charge in [0, 0.05) is 21.7 Å². The van der Waals surface area contributed by atoms with E-state index in [2.05, 4.69) is 112 Å². The summed E-state index contributed by atoms with van der Waals surface area (Å²) in [5.74, 6) is 0.555. The standard InChI is InChI=1S/C20H20IN/c21-16-17-8-7-13-20(15-14-17)22(18-9-3-1-4-10-18)19-11-5-2-6-12-19/h1-12,14-15,17,20H,13,16H2. The Bertz CT molecular complexity index is 594. The van der Waals surface area contributed by atoms with Crippen molar-refractivity contribution in [2.45, 2.75) is 12.5 Å². The Labute approximate surface area is 146 Å². The highest BCUT2D eigenvalue weighted by Gasteiger charge is 2.19. The van der Waals surface area contributed by atoms with Crippen LogP contribution in [0.4, 0.5) is 11.4 Å². The molecule has 3 rings (SSSR count). The molecule has 1 nitrogen and oxygen atoms in total. The van der Waals surface area contributed by atoms with E-state index < -0.39 is 0 Å². The molecule has 0 bridgehead atoms. The van der Waals surface area contributed by atoms with Crippen LogP contribution in [0.25, 0.3) is 0 Å². The zero-order valence-corrected chi connectivity index (χ0v) is 14.6. The Morgan fingerprint density at radius 2 is 1.41 bits per heavy atom. The van der Waals surface area contributed by atoms with Crippen molar-refractivity contribution >= 4 is 34.0 Å². The molecule has 2 aromatic carbocycles. The molecule has 1 aliphatic rings. The summed E-state index contributed by atoms with van der Waals surface area (Å²) in [4.78, 5) is 2.43. The zero-order chi connectivity index (χ0) is 15.2. The molecular weight excluding hydrogens is 381 g/mol. The average Bonchev–Trinajstić information content (AvgIpc) is 2.83. The number of halogens is 1. The first kappa shape index (κ1) is 15.3. The summed E-state index contributed by atoms with van der Waals surface area (Å²) >= 11 is 2.46. The number of rotatable bonds is 4. The summed E-state index contributed by atoms with van der Waals surface area (Å²) in [5.41, 5.74) is 2.48. The van der Waals surface area contributed by atoms with Gasteiger partial charge in [-0.2, -0.15) is 0 Å². The van der Waals surface area contributed by atoms with E-state index in [1.165, 1.54) is 11.4 Å². The highest BCUT2D eigenvalue weighted by Crippen LogP contribution is 2.30. The first-order valence-electron chi connectivity index (χ1n) is 7.69. The third-order valence-electron chi connectivity index (χ3n) is 3.92. The van der Waals surface area contributed by atoms with Crippen molar-refractivity contribution in [3.05, 3.63) is 85.0 Å². The molecule has 0 aliphatic heterocycles. The lowest BCUT2D eigenvalue weighted by atomic mass is 10.1. The fourth-order valence-corrected chi connectivity index (χ4v) is 3.40. The van der Waals surface area contributed by atoms with Crippen molar-refractivity contribution in [1.29, 1.82) is 0 Å². The van der Waals surface area contributed by atoms with Gasteiger partial charge in [0.15, 0.2) is 0 Å². The molecule has 0 heterocycles. The second-order valence-corrected chi connectivity index (χ2v) is 6.36. The fourth-order valence-electron chi connectivity index (χ4n) is 2.81. The smallest absolute Gasteiger partial charge is 0.0556 e. The maximum Gasteiger partial charge on any atom is 0.0556 e. The van der Waals surface area contributed by atoms with E-state index in [9.17, 15) is 0 Å². The second-order valence-electron chi connectivity index (χ2n) is 5.48. The van der Waals surface area contributed by atoms with Crippen LogP contribution in [-0.2, 0) is 0 Å². The van der Waals surface area contributed by atoms with Crippen molar-refractivity contribution in [2.75, 3.05) is 9.33 Å². The summed E-state index contributed by atoms with van der Waals surface area (Å²) in [6.45, 7) is 0. The Morgan fingerprint density at radius 1 is 0.818 bits per heavy atom. The maximum atomic E-state index is 2.46. The third kappa shape index (κ3) is 3.61. The van der Waals surface area contributed by atoms with Crippen LogP contribution in [-0.4, -0.2) is 10.5 Å². The monoisotopic (exact) mass is 401 g/mol. The predicted molar refractivity (Wildman–Crippen MR) is 104 cm³/mol. The van der Waals surface area contributed by atoms with Gasteiger partial charge in [-0.15, -0.1) is 0 Å². The van der Waals surface area contributed by atoms with Crippen LogP contribution in [0.2, 0.25) is 0 Å². The fraction of sp³-hybridized carbons (Fsp3) is 0.200. The van der Waals surface area contributed by atoms with Gasteiger partial charge in [-0.25, -0.2) is 0 Å². The van der Waals surface area contributed by atoms with Crippen LogP contribution in [0, 0.1) is 5.92 Å². The number of nitrogens with zero attached hydrogens (tertiary/aromatic N) is 1. The van der Waals surface area contributed by atoms with Crippen LogP contribution >= 0.6 is 22.6 Å². The van der Waals surface area contributed by atoms with E-state index in [0.717, 1.165) is 10.8 Å². The summed E-state index contributed by atoms with van der Waals surface area (Å²) in [5, 5.41) is 0. The molecule has 112 valence electrons. The number of hydrogen-bond acceptors (Lipinski definition) is 1. The maximum absolute atomic E-state index is 2.46. The van der Waals surface area contributed by atoms with E-state index in [1.54, 1.807) is 0 Å². The van der Waals surface area contributed by atoms with Crippen LogP contribution in [0.5, 0.6) is 0 Å². The molecule has 1 aliphatic carbocycles. The molecule has 0 fully saturated rings. The minimum absolute atomic E-state index is 0.356. The van der Waals surface area contributed by atoms with Crippen LogP contribution in [0.1, 0.15) is 6.42 Å². The molecule has 2 unspecified atom stereocenters. The minimum Gasteiger partial charge on any atom is -0.334 e. The highest BCUT2D eigenvalue weighted by atomic mass is 127. The summed E-state index contributed by atoms with van der Waals surface area (Å²) in [6.07, 6.45) is 10.4. The molecule has 0 saturated carbocycles. The Balaban J connectivity index is 1.98. The van der Waals surface area contributed by atoms with Crippen LogP contribution < -0.4 is 4.90 Å². The zero-order valence-electron chi connectivity index (χ0n) is 12.5. The van der Waals surface area contributed by atoms with Crippen molar-refractivity contribution in [2.24, 2.45) is 5.92 Å². The number of alkyl halides is 1. The van der Waals surface area contributed by atoms with E-state index in [1.807, 2.05) is 0 Å². The van der Waals surface area contributed by atoms with Crippen molar-refractivity contribution < 1.29 is 0 Å². The molecule has 0 aromatic heterocycles. The highest BCUT2D eigenvalue weighted by molar-refractivity contribution is 14.1. The Morgan fingerprint density at radius 3 is 1.95 bits per heavy atom. The van der Waals surface area contributed by atoms with Gasteiger partial charge in [0.1, 0.15) is 0 Å². The first-order valence-corrected chi connectivity index (χ1v) is 9.21. The van der Waals surface area contributed by atoms with Crippen molar-refractivity contribution in [3.8, 4) is 0 Å². The molecule has 0 spiro atoms. The second kappa shape index (κ2) is 7.63. The van der Waals surface area contributed by atoms with E-state index in [-0.39, 0.29) is 0 Å². The van der Waals surface area contributed by atoms with Gasteiger partial charge >= 0.3 is 0 Å². The van der Waals surface area contributed by atoms with Gasteiger partial charge in [-0.3, -0.25) is 0 Å².